The predicted octanol–water partition coefficient (Wildman–Crippen LogP) is 2.40. The Labute approximate surface area is 131 Å². The van der Waals surface area contributed by atoms with Crippen LogP contribution in [0.25, 0.3) is 0 Å². The van der Waals surface area contributed by atoms with Crippen molar-refractivity contribution in [3.8, 4) is 0 Å². The zero-order valence-electron chi connectivity index (χ0n) is 11.3. The first-order chi connectivity index (χ1) is 9.90. The molecule has 2 rings (SSSR count). The van der Waals surface area contributed by atoms with Crippen LogP contribution in [0.1, 0.15) is 10.4 Å². The van der Waals surface area contributed by atoms with Crippen molar-refractivity contribution in [1.82, 2.24) is 9.80 Å². The minimum Gasteiger partial charge on any atom is -0.465 e. The molecule has 0 spiro atoms. The number of likely N-dealkylation sites (N-methyl/N-ethyl adjacent to an activating group) is 1. The fraction of sp³-hybridized carbons (Fsp3) is 0.385. The number of halogens is 2. The Morgan fingerprint density at radius 3 is 2.71 bits per heavy atom. The first-order valence-electron chi connectivity index (χ1n) is 6.22. The Morgan fingerprint density at radius 1 is 1.38 bits per heavy atom. The standard InChI is InChI=1S/C13H14Cl2N2O4/c1-16(13(19)20)11-7-17(4-5-21-11)12(18)8-2-3-9(14)10(15)6-8/h2-3,6,11H,4-5,7H2,1H3,(H,19,20)/t11-/m0/s1. The number of carboxylic acid groups (broad SMARTS) is 1. The van der Waals surface area contributed by atoms with Crippen LogP contribution in [0.15, 0.2) is 18.2 Å². The minimum atomic E-state index is -1.11. The number of ether oxygens (including phenoxy) is 1. The van der Waals surface area contributed by atoms with E-state index >= 15 is 0 Å². The van der Waals surface area contributed by atoms with E-state index in [4.69, 9.17) is 33.0 Å². The summed E-state index contributed by atoms with van der Waals surface area (Å²) in [4.78, 5) is 25.9. The number of nitrogens with zero attached hydrogens (tertiary/aromatic N) is 2. The molecule has 0 aromatic heterocycles. The molecule has 1 saturated heterocycles. The summed E-state index contributed by atoms with van der Waals surface area (Å²) in [6, 6.07) is 4.64. The van der Waals surface area contributed by atoms with Gasteiger partial charge in [-0.2, -0.15) is 0 Å². The highest BCUT2D eigenvalue weighted by molar-refractivity contribution is 6.42. The topological polar surface area (TPSA) is 70.1 Å². The van der Waals surface area contributed by atoms with Gasteiger partial charge in [-0.05, 0) is 18.2 Å². The average molecular weight is 333 g/mol. The molecule has 21 heavy (non-hydrogen) atoms. The number of carbonyl (C=O) groups excluding carboxylic acids is 1. The Kier molecular flexibility index (Phi) is 4.92. The summed E-state index contributed by atoms with van der Waals surface area (Å²) in [5.41, 5.74) is 0.406. The Hall–Kier alpha value is -1.50. The van der Waals surface area contributed by atoms with Crippen LogP contribution >= 0.6 is 23.2 Å². The van der Waals surface area contributed by atoms with Gasteiger partial charge in [0.1, 0.15) is 0 Å². The summed E-state index contributed by atoms with van der Waals surface area (Å²) < 4.78 is 5.36. The van der Waals surface area contributed by atoms with Crippen molar-refractivity contribution in [1.29, 1.82) is 0 Å². The van der Waals surface area contributed by atoms with E-state index in [0.29, 0.717) is 22.2 Å². The lowest BCUT2D eigenvalue weighted by molar-refractivity contribution is -0.0841. The van der Waals surface area contributed by atoms with Crippen LogP contribution in [0.2, 0.25) is 10.0 Å². The van der Waals surface area contributed by atoms with E-state index in [-0.39, 0.29) is 19.1 Å². The van der Waals surface area contributed by atoms with Gasteiger partial charge in [-0.25, -0.2) is 4.79 Å². The van der Waals surface area contributed by atoms with Gasteiger partial charge in [0.25, 0.3) is 5.91 Å². The molecule has 8 heteroatoms. The monoisotopic (exact) mass is 332 g/mol. The number of morpholine rings is 1. The van der Waals surface area contributed by atoms with Crippen LogP contribution in [0.3, 0.4) is 0 Å². The normalized spacial score (nSPS) is 18.4. The lowest BCUT2D eigenvalue weighted by Crippen LogP contribution is -2.52. The molecule has 1 aromatic carbocycles. The van der Waals surface area contributed by atoms with Crippen LogP contribution in [-0.4, -0.2) is 59.9 Å². The van der Waals surface area contributed by atoms with E-state index in [1.54, 1.807) is 12.1 Å². The third-order valence-electron chi connectivity index (χ3n) is 3.24. The van der Waals surface area contributed by atoms with Crippen molar-refractivity contribution in [2.24, 2.45) is 0 Å². The minimum absolute atomic E-state index is 0.169. The smallest absolute Gasteiger partial charge is 0.409 e. The van der Waals surface area contributed by atoms with Gasteiger partial charge in [-0.3, -0.25) is 9.69 Å². The molecule has 0 radical (unpaired) electrons. The first kappa shape index (κ1) is 15.9. The third kappa shape index (κ3) is 3.58. The molecule has 1 aromatic rings. The molecule has 0 aliphatic carbocycles. The molecule has 1 heterocycles. The predicted molar refractivity (Wildman–Crippen MR) is 77.9 cm³/mol. The highest BCUT2D eigenvalue weighted by atomic mass is 35.5. The quantitative estimate of drug-likeness (QED) is 0.902. The summed E-state index contributed by atoms with van der Waals surface area (Å²) in [5, 5.41) is 9.63. The first-order valence-corrected chi connectivity index (χ1v) is 6.97. The van der Waals surface area contributed by atoms with Crippen LogP contribution in [0.5, 0.6) is 0 Å². The molecule has 2 amide bonds. The number of hydrogen-bond acceptors (Lipinski definition) is 3. The van der Waals surface area contributed by atoms with Gasteiger partial charge in [0.2, 0.25) is 0 Å². The van der Waals surface area contributed by atoms with E-state index in [2.05, 4.69) is 0 Å². The van der Waals surface area contributed by atoms with Crippen LogP contribution in [0.4, 0.5) is 4.79 Å². The molecule has 1 atom stereocenters. The third-order valence-corrected chi connectivity index (χ3v) is 3.97. The molecule has 6 nitrogen and oxygen atoms in total. The van der Waals surface area contributed by atoms with Crippen LogP contribution < -0.4 is 0 Å². The van der Waals surface area contributed by atoms with Gasteiger partial charge >= 0.3 is 6.09 Å². The zero-order valence-corrected chi connectivity index (χ0v) is 12.8. The fourth-order valence-electron chi connectivity index (χ4n) is 1.99. The van der Waals surface area contributed by atoms with Crippen molar-refractivity contribution in [2.45, 2.75) is 6.23 Å². The lowest BCUT2D eigenvalue weighted by atomic mass is 10.2. The van der Waals surface area contributed by atoms with Gasteiger partial charge in [-0.15, -0.1) is 0 Å². The summed E-state index contributed by atoms with van der Waals surface area (Å²) in [6.45, 7) is 0.834. The molecular formula is C13H14Cl2N2O4. The Morgan fingerprint density at radius 2 is 2.10 bits per heavy atom. The largest absolute Gasteiger partial charge is 0.465 e. The molecule has 1 aliphatic heterocycles. The molecule has 1 N–H and O–H groups in total. The maximum atomic E-state index is 12.4. The molecule has 0 saturated carbocycles. The van der Waals surface area contributed by atoms with E-state index in [1.165, 1.54) is 18.0 Å². The van der Waals surface area contributed by atoms with Crippen LogP contribution in [0, 0.1) is 0 Å². The number of carbonyl (C=O) groups is 2. The van der Waals surface area contributed by atoms with Gasteiger partial charge in [0.15, 0.2) is 6.23 Å². The van der Waals surface area contributed by atoms with Gasteiger partial charge in [0, 0.05) is 19.2 Å². The van der Waals surface area contributed by atoms with Gasteiger partial charge in [-0.1, -0.05) is 23.2 Å². The summed E-state index contributed by atoms with van der Waals surface area (Å²) in [6.07, 6.45) is -1.79. The second kappa shape index (κ2) is 6.51. The molecule has 0 bridgehead atoms. The van der Waals surface area contributed by atoms with Crippen molar-refractivity contribution < 1.29 is 19.4 Å². The SMILES string of the molecule is CN(C(=O)O)[C@@H]1CN(C(=O)c2ccc(Cl)c(Cl)c2)CCO1. The van der Waals surface area contributed by atoms with Crippen molar-refractivity contribution >= 4 is 35.2 Å². The summed E-state index contributed by atoms with van der Waals surface area (Å²) in [7, 11) is 1.40. The summed E-state index contributed by atoms with van der Waals surface area (Å²) in [5.74, 6) is -0.236. The highest BCUT2D eigenvalue weighted by Crippen LogP contribution is 2.23. The fourth-order valence-corrected chi connectivity index (χ4v) is 2.28. The maximum Gasteiger partial charge on any atom is 0.409 e. The number of rotatable bonds is 2. The number of hydrogen-bond donors (Lipinski definition) is 1. The second-order valence-electron chi connectivity index (χ2n) is 4.60. The molecule has 0 unspecified atom stereocenters. The maximum absolute atomic E-state index is 12.4. The van der Waals surface area contributed by atoms with Crippen molar-refractivity contribution in [3.63, 3.8) is 0 Å². The number of benzene rings is 1. The average Bonchev–Trinajstić information content (AvgIpc) is 2.48. The van der Waals surface area contributed by atoms with E-state index in [9.17, 15) is 9.59 Å². The van der Waals surface area contributed by atoms with Gasteiger partial charge in [0.05, 0.1) is 23.2 Å². The lowest BCUT2D eigenvalue weighted by Gasteiger charge is -2.36. The Balaban J connectivity index is 2.11. The highest BCUT2D eigenvalue weighted by Gasteiger charge is 2.29. The molecule has 1 aliphatic rings. The van der Waals surface area contributed by atoms with E-state index < -0.39 is 12.3 Å². The van der Waals surface area contributed by atoms with Crippen molar-refractivity contribution in [3.05, 3.63) is 33.8 Å². The summed E-state index contributed by atoms with van der Waals surface area (Å²) >= 11 is 11.7. The molecule has 114 valence electrons. The van der Waals surface area contributed by atoms with Crippen LogP contribution in [-0.2, 0) is 4.74 Å². The van der Waals surface area contributed by atoms with E-state index in [0.717, 1.165) is 4.90 Å². The number of amides is 2. The Bertz CT molecular complexity index is 567. The molecule has 1 fully saturated rings. The molecular weight excluding hydrogens is 319 g/mol. The van der Waals surface area contributed by atoms with Crippen molar-refractivity contribution in [2.75, 3.05) is 26.7 Å². The van der Waals surface area contributed by atoms with E-state index in [1.807, 2.05) is 0 Å². The zero-order chi connectivity index (χ0) is 15.6. The van der Waals surface area contributed by atoms with Gasteiger partial charge < -0.3 is 14.7 Å². The second-order valence-corrected chi connectivity index (χ2v) is 5.41.